The minimum atomic E-state index is -0.0592. The quantitative estimate of drug-likeness (QED) is 0.641. The molecule has 1 unspecified atom stereocenters. The van der Waals surface area contributed by atoms with E-state index in [1.54, 1.807) is 7.11 Å². The van der Waals surface area contributed by atoms with Crippen LogP contribution in [0.4, 0.5) is 0 Å². The molecule has 78 valence electrons. The summed E-state index contributed by atoms with van der Waals surface area (Å²) in [4.78, 5) is 0. The van der Waals surface area contributed by atoms with E-state index in [1.165, 1.54) is 32.1 Å². The van der Waals surface area contributed by atoms with Crippen molar-refractivity contribution in [3.8, 4) is 0 Å². The lowest BCUT2D eigenvalue weighted by Crippen LogP contribution is -2.13. The predicted molar refractivity (Wildman–Crippen MR) is 56.9 cm³/mol. The number of rotatable bonds is 5. The maximum atomic E-state index is 5.43. The lowest BCUT2D eigenvalue weighted by atomic mass is 10.0. The highest BCUT2D eigenvalue weighted by molar-refractivity contribution is 7.99. The summed E-state index contributed by atoms with van der Waals surface area (Å²) >= 11 is 1.94. The number of thioether (sulfide) groups is 1. The highest BCUT2D eigenvalue weighted by Gasteiger charge is 2.13. The highest BCUT2D eigenvalue weighted by Crippen LogP contribution is 2.28. The molecule has 1 atom stereocenters. The summed E-state index contributed by atoms with van der Waals surface area (Å²) in [7, 11) is 1.68. The first-order chi connectivity index (χ1) is 6.33. The first-order valence-electron chi connectivity index (χ1n) is 5.09. The molecule has 0 heterocycles. The second-order valence-corrected chi connectivity index (χ2v) is 4.75. The minimum Gasteiger partial charge on any atom is -0.356 e. The topological polar surface area (TPSA) is 18.5 Å². The average molecular weight is 204 g/mol. The molecule has 1 saturated carbocycles. The second-order valence-electron chi connectivity index (χ2n) is 3.51. The van der Waals surface area contributed by atoms with Crippen molar-refractivity contribution in [3.63, 3.8) is 0 Å². The Morgan fingerprint density at radius 1 is 1.31 bits per heavy atom. The summed E-state index contributed by atoms with van der Waals surface area (Å²) in [6.07, 6.45) is 6.91. The fraction of sp³-hybridized carbons (Fsp3) is 1.00. The fourth-order valence-electron chi connectivity index (χ4n) is 1.53. The largest absolute Gasteiger partial charge is 0.356 e. The molecule has 1 aliphatic carbocycles. The van der Waals surface area contributed by atoms with Gasteiger partial charge in [0.1, 0.15) is 0 Å². The van der Waals surface area contributed by atoms with E-state index in [1.807, 2.05) is 18.7 Å². The maximum Gasteiger partial charge on any atom is 0.155 e. The summed E-state index contributed by atoms with van der Waals surface area (Å²) < 4.78 is 10.4. The summed E-state index contributed by atoms with van der Waals surface area (Å²) in [5.41, 5.74) is 0. The van der Waals surface area contributed by atoms with Crippen LogP contribution in [-0.2, 0) is 9.47 Å². The van der Waals surface area contributed by atoms with Crippen LogP contribution in [0.2, 0.25) is 0 Å². The molecule has 0 aromatic heterocycles. The third-order valence-electron chi connectivity index (χ3n) is 2.49. The van der Waals surface area contributed by atoms with Gasteiger partial charge in [-0.15, -0.1) is 11.8 Å². The zero-order valence-electron chi connectivity index (χ0n) is 8.62. The van der Waals surface area contributed by atoms with Crippen LogP contribution in [0.3, 0.4) is 0 Å². The van der Waals surface area contributed by atoms with Gasteiger partial charge in [0.05, 0.1) is 5.94 Å². The van der Waals surface area contributed by atoms with Gasteiger partial charge in [-0.05, 0) is 19.8 Å². The van der Waals surface area contributed by atoms with E-state index in [4.69, 9.17) is 9.47 Å². The SMILES string of the molecule is COC(C)OCSC1CCCCC1. The van der Waals surface area contributed by atoms with Gasteiger partial charge in [-0.1, -0.05) is 19.3 Å². The third-order valence-corrected chi connectivity index (χ3v) is 3.71. The van der Waals surface area contributed by atoms with Crippen molar-refractivity contribution in [2.45, 2.75) is 50.6 Å². The molecule has 0 saturated heterocycles. The molecular weight excluding hydrogens is 184 g/mol. The van der Waals surface area contributed by atoms with Crippen LogP contribution in [0.5, 0.6) is 0 Å². The number of hydrogen-bond acceptors (Lipinski definition) is 3. The first kappa shape index (κ1) is 11.3. The van der Waals surface area contributed by atoms with Gasteiger partial charge in [0.25, 0.3) is 0 Å². The van der Waals surface area contributed by atoms with E-state index in [2.05, 4.69) is 0 Å². The zero-order valence-corrected chi connectivity index (χ0v) is 9.44. The molecule has 1 rings (SSSR count). The van der Waals surface area contributed by atoms with Gasteiger partial charge in [0.2, 0.25) is 0 Å². The Hall–Kier alpha value is 0.270. The Balaban J connectivity index is 1.98. The molecule has 0 bridgehead atoms. The van der Waals surface area contributed by atoms with Crippen LogP contribution >= 0.6 is 11.8 Å². The Labute approximate surface area is 85.4 Å². The molecule has 0 aliphatic heterocycles. The molecule has 13 heavy (non-hydrogen) atoms. The molecule has 0 aromatic rings. The van der Waals surface area contributed by atoms with Crippen molar-refractivity contribution in [2.24, 2.45) is 0 Å². The van der Waals surface area contributed by atoms with Crippen molar-refractivity contribution >= 4 is 11.8 Å². The van der Waals surface area contributed by atoms with Crippen molar-refractivity contribution < 1.29 is 9.47 Å². The highest BCUT2D eigenvalue weighted by atomic mass is 32.2. The van der Waals surface area contributed by atoms with Gasteiger partial charge in [0.15, 0.2) is 6.29 Å². The van der Waals surface area contributed by atoms with Crippen LogP contribution in [0.1, 0.15) is 39.0 Å². The Kier molecular flexibility index (Phi) is 5.83. The molecule has 0 aromatic carbocycles. The second kappa shape index (κ2) is 6.68. The average Bonchev–Trinajstić information content (AvgIpc) is 2.19. The molecule has 0 amide bonds. The van der Waals surface area contributed by atoms with Crippen LogP contribution in [0, 0.1) is 0 Å². The molecule has 0 spiro atoms. The number of hydrogen-bond donors (Lipinski definition) is 0. The molecule has 1 aliphatic rings. The van der Waals surface area contributed by atoms with E-state index in [-0.39, 0.29) is 6.29 Å². The van der Waals surface area contributed by atoms with Gasteiger partial charge in [-0.2, -0.15) is 0 Å². The monoisotopic (exact) mass is 204 g/mol. The van der Waals surface area contributed by atoms with Crippen molar-refractivity contribution in [1.29, 1.82) is 0 Å². The van der Waals surface area contributed by atoms with Crippen LogP contribution in [-0.4, -0.2) is 24.6 Å². The molecule has 1 fully saturated rings. The van der Waals surface area contributed by atoms with Crippen molar-refractivity contribution in [1.82, 2.24) is 0 Å². The third kappa shape index (κ3) is 4.89. The summed E-state index contributed by atoms with van der Waals surface area (Å²) in [5.74, 6) is 0.777. The molecule has 0 N–H and O–H groups in total. The Morgan fingerprint density at radius 2 is 2.00 bits per heavy atom. The van der Waals surface area contributed by atoms with E-state index < -0.39 is 0 Å². The smallest absolute Gasteiger partial charge is 0.155 e. The Bertz CT molecular complexity index is 124. The van der Waals surface area contributed by atoms with Gasteiger partial charge >= 0.3 is 0 Å². The Morgan fingerprint density at radius 3 is 2.62 bits per heavy atom. The molecular formula is C10H20O2S. The summed E-state index contributed by atoms with van der Waals surface area (Å²) in [6.45, 7) is 1.93. The van der Waals surface area contributed by atoms with E-state index in [0.29, 0.717) is 0 Å². The summed E-state index contributed by atoms with van der Waals surface area (Å²) in [6, 6.07) is 0. The van der Waals surface area contributed by atoms with E-state index >= 15 is 0 Å². The van der Waals surface area contributed by atoms with Crippen LogP contribution < -0.4 is 0 Å². The van der Waals surface area contributed by atoms with E-state index in [0.717, 1.165) is 11.2 Å². The van der Waals surface area contributed by atoms with Crippen LogP contribution in [0.15, 0.2) is 0 Å². The molecule has 3 heteroatoms. The minimum absolute atomic E-state index is 0.0592. The predicted octanol–water partition coefficient (Wildman–Crippen LogP) is 3.02. The zero-order chi connectivity index (χ0) is 9.52. The van der Waals surface area contributed by atoms with Gasteiger partial charge in [-0.25, -0.2) is 0 Å². The normalized spacial score (nSPS) is 21.7. The maximum absolute atomic E-state index is 5.43. The number of ether oxygens (including phenoxy) is 2. The summed E-state index contributed by atoms with van der Waals surface area (Å²) in [5, 5.41) is 0.831. The number of methoxy groups -OCH3 is 1. The van der Waals surface area contributed by atoms with Crippen molar-refractivity contribution in [2.75, 3.05) is 13.0 Å². The lowest BCUT2D eigenvalue weighted by Gasteiger charge is -2.21. The van der Waals surface area contributed by atoms with Gasteiger partial charge < -0.3 is 9.47 Å². The van der Waals surface area contributed by atoms with E-state index in [9.17, 15) is 0 Å². The first-order valence-corrected chi connectivity index (χ1v) is 6.14. The van der Waals surface area contributed by atoms with Crippen molar-refractivity contribution in [3.05, 3.63) is 0 Å². The molecule has 0 radical (unpaired) electrons. The lowest BCUT2D eigenvalue weighted by molar-refractivity contribution is -0.0938. The van der Waals surface area contributed by atoms with Gasteiger partial charge in [-0.3, -0.25) is 0 Å². The van der Waals surface area contributed by atoms with Gasteiger partial charge in [0, 0.05) is 12.4 Å². The van der Waals surface area contributed by atoms with Crippen LogP contribution in [0.25, 0.3) is 0 Å². The fourth-order valence-corrected chi connectivity index (χ4v) is 2.66. The standard InChI is InChI=1S/C10H20O2S/c1-9(11-2)12-8-13-10-6-4-3-5-7-10/h9-10H,3-8H2,1-2H3. The molecule has 2 nitrogen and oxygen atoms in total.